The number of hydrogen-bond acceptors (Lipinski definition) is 6. The Bertz CT molecular complexity index is 1530. The Morgan fingerprint density at radius 2 is 1.86 bits per heavy atom. The third-order valence-electron chi connectivity index (χ3n) is 6.73. The van der Waals surface area contributed by atoms with E-state index in [-0.39, 0.29) is 18.0 Å². The highest BCUT2D eigenvalue weighted by Gasteiger charge is 2.30. The number of rotatable bonds is 9. The molecule has 1 amide bonds. The molecule has 0 bridgehead atoms. The van der Waals surface area contributed by atoms with Crippen molar-refractivity contribution in [2.45, 2.75) is 45.6 Å². The lowest BCUT2D eigenvalue weighted by Crippen LogP contribution is -2.35. The van der Waals surface area contributed by atoms with Crippen LogP contribution in [0.4, 0.5) is 0 Å². The van der Waals surface area contributed by atoms with Gasteiger partial charge in [0.05, 0.1) is 31.8 Å². The molecule has 0 aliphatic heterocycles. The third-order valence-corrected chi connectivity index (χ3v) is 6.73. The fraction of sp³-hybridized carbons (Fsp3) is 0.357. The third kappa shape index (κ3) is 4.94. The number of aromatic nitrogens is 4. The molecule has 1 fully saturated rings. The van der Waals surface area contributed by atoms with Crippen molar-refractivity contribution in [3.8, 4) is 17.2 Å². The number of amides is 1. The first kappa shape index (κ1) is 24.5. The van der Waals surface area contributed by atoms with Crippen LogP contribution >= 0.6 is 0 Å². The van der Waals surface area contributed by atoms with Gasteiger partial charge in [0, 0.05) is 17.8 Å². The highest BCUT2D eigenvalue weighted by Crippen LogP contribution is 2.41. The van der Waals surface area contributed by atoms with E-state index in [1.165, 1.54) is 4.68 Å². The molecular weight excluding hydrogens is 470 g/mol. The van der Waals surface area contributed by atoms with Gasteiger partial charge in [-0.1, -0.05) is 23.8 Å². The van der Waals surface area contributed by atoms with Gasteiger partial charge in [0.25, 0.3) is 5.56 Å². The van der Waals surface area contributed by atoms with Gasteiger partial charge in [-0.3, -0.25) is 9.59 Å². The molecule has 37 heavy (non-hydrogen) atoms. The molecule has 1 N–H and O–H groups in total. The fourth-order valence-electron chi connectivity index (χ4n) is 4.66. The van der Waals surface area contributed by atoms with Crippen LogP contribution in [0, 0.1) is 13.8 Å². The molecule has 4 aromatic rings. The average molecular weight is 502 g/mol. The van der Waals surface area contributed by atoms with Gasteiger partial charge in [0.1, 0.15) is 12.1 Å². The number of hydrogen-bond donors (Lipinski definition) is 1. The van der Waals surface area contributed by atoms with Crippen molar-refractivity contribution < 1.29 is 14.3 Å². The number of carbonyl (C=O) groups excluding carboxylic acids is 1. The number of nitrogens with zero attached hydrogens (tertiary/aromatic N) is 4. The monoisotopic (exact) mass is 501 g/mol. The van der Waals surface area contributed by atoms with Crippen molar-refractivity contribution in [1.29, 1.82) is 0 Å². The Hall–Kier alpha value is -4.14. The summed E-state index contributed by atoms with van der Waals surface area (Å²) >= 11 is 0. The second kappa shape index (κ2) is 10.1. The summed E-state index contributed by atoms with van der Waals surface area (Å²) < 4.78 is 13.6. The molecule has 5 rings (SSSR count). The summed E-state index contributed by atoms with van der Waals surface area (Å²) in [5.41, 5.74) is 4.98. The van der Waals surface area contributed by atoms with E-state index in [1.54, 1.807) is 25.1 Å². The minimum absolute atomic E-state index is 0.154. The molecule has 1 saturated carbocycles. The van der Waals surface area contributed by atoms with E-state index in [2.05, 4.69) is 21.6 Å². The summed E-state index contributed by atoms with van der Waals surface area (Å²) in [6, 6.07) is 11.7. The summed E-state index contributed by atoms with van der Waals surface area (Å²) in [4.78, 5) is 26.4. The molecule has 2 heterocycles. The lowest BCUT2D eigenvalue weighted by Gasteiger charge is -2.12. The standard InChI is InChI=1S/C28H31N5O4/c1-17-5-9-22(18(2)13-17)33-27-21(15-30-33)26(20-7-8-20)31-32(28(27)35)16-25(34)29-12-11-19-6-10-23(36-3)24(14-19)37-4/h5-6,9-10,13-15,20H,7-8,11-12,16H2,1-4H3,(H,29,34). The molecule has 1 aliphatic rings. The topological polar surface area (TPSA) is 100 Å². The lowest BCUT2D eigenvalue weighted by molar-refractivity contribution is -0.121. The van der Waals surface area contributed by atoms with E-state index < -0.39 is 0 Å². The van der Waals surface area contributed by atoms with E-state index in [9.17, 15) is 9.59 Å². The van der Waals surface area contributed by atoms with Crippen molar-refractivity contribution >= 4 is 16.8 Å². The van der Waals surface area contributed by atoms with Gasteiger partial charge in [0.15, 0.2) is 11.5 Å². The van der Waals surface area contributed by atoms with Gasteiger partial charge < -0.3 is 14.8 Å². The summed E-state index contributed by atoms with van der Waals surface area (Å²) in [5, 5.41) is 12.8. The van der Waals surface area contributed by atoms with Crippen LogP contribution in [0.5, 0.6) is 11.5 Å². The summed E-state index contributed by atoms with van der Waals surface area (Å²) in [5.74, 6) is 1.32. The minimum atomic E-state index is -0.327. The SMILES string of the molecule is COc1ccc(CCNC(=O)Cn2nc(C3CC3)c3cnn(-c4ccc(C)cc4C)c3c2=O)cc1OC. The highest BCUT2D eigenvalue weighted by atomic mass is 16.5. The van der Waals surface area contributed by atoms with E-state index in [1.807, 2.05) is 44.2 Å². The van der Waals surface area contributed by atoms with Gasteiger partial charge in [-0.15, -0.1) is 0 Å². The van der Waals surface area contributed by atoms with Crippen LogP contribution in [-0.2, 0) is 17.8 Å². The first-order chi connectivity index (χ1) is 17.9. The van der Waals surface area contributed by atoms with Gasteiger partial charge in [-0.2, -0.15) is 10.2 Å². The summed E-state index contributed by atoms with van der Waals surface area (Å²) in [6.07, 6.45) is 4.38. The molecule has 2 aromatic carbocycles. The van der Waals surface area contributed by atoms with Gasteiger partial charge in [0.2, 0.25) is 5.91 Å². The summed E-state index contributed by atoms with van der Waals surface area (Å²) in [6.45, 7) is 4.30. The van der Waals surface area contributed by atoms with Gasteiger partial charge in [-0.25, -0.2) is 9.36 Å². The van der Waals surface area contributed by atoms with E-state index in [4.69, 9.17) is 9.47 Å². The maximum atomic E-state index is 13.6. The van der Waals surface area contributed by atoms with Crippen molar-refractivity contribution in [2.75, 3.05) is 20.8 Å². The molecule has 9 nitrogen and oxygen atoms in total. The smallest absolute Gasteiger partial charge is 0.293 e. The fourth-order valence-corrected chi connectivity index (χ4v) is 4.66. The second-order valence-electron chi connectivity index (χ2n) is 9.52. The minimum Gasteiger partial charge on any atom is -0.493 e. The summed E-state index contributed by atoms with van der Waals surface area (Å²) in [7, 11) is 3.18. The zero-order valence-electron chi connectivity index (χ0n) is 21.6. The normalized spacial score (nSPS) is 13.1. The Morgan fingerprint density at radius 1 is 1.08 bits per heavy atom. The largest absolute Gasteiger partial charge is 0.493 e. The van der Waals surface area contributed by atoms with Crippen LogP contribution in [0.2, 0.25) is 0 Å². The number of nitrogens with one attached hydrogen (secondary N) is 1. The van der Waals surface area contributed by atoms with Crippen molar-refractivity contribution in [3.63, 3.8) is 0 Å². The Balaban J connectivity index is 1.38. The Morgan fingerprint density at radius 3 is 2.57 bits per heavy atom. The number of fused-ring (bicyclic) bond motifs is 1. The molecule has 0 spiro atoms. The van der Waals surface area contributed by atoms with Gasteiger partial charge in [-0.05, 0) is 62.4 Å². The molecule has 9 heteroatoms. The molecule has 0 atom stereocenters. The first-order valence-electron chi connectivity index (χ1n) is 12.4. The maximum absolute atomic E-state index is 13.6. The molecule has 2 aromatic heterocycles. The average Bonchev–Trinajstić information content (AvgIpc) is 3.64. The van der Waals surface area contributed by atoms with E-state index >= 15 is 0 Å². The Labute approximate surface area is 215 Å². The first-order valence-corrected chi connectivity index (χ1v) is 12.4. The quantitative estimate of drug-likeness (QED) is 0.377. The van der Waals surface area contributed by atoms with Crippen LogP contribution in [0.15, 0.2) is 47.4 Å². The number of ether oxygens (including phenoxy) is 2. The molecule has 1 aliphatic carbocycles. The lowest BCUT2D eigenvalue weighted by atomic mass is 10.1. The van der Waals surface area contributed by atoms with Crippen LogP contribution in [0.1, 0.15) is 41.1 Å². The maximum Gasteiger partial charge on any atom is 0.293 e. The molecule has 0 radical (unpaired) electrons. The molecule has 192 valence electrons. The van der Waals surface area contributed by atoms with Crippen LogP contribution in [-0.4, -0.2) is 46.2 Å². The van der Waals surface area contributed by atoms with Crippen molar-refractivity contribution in [2.24, 2.45) is 0 Å². The predicted molar refractivity (Wildman–Crippen MR) is 141 cm³/mol. The van der Waals surface area contributed by atoms with Crippen LogP contribution in [0.3, 0.4) is 0 Å². The van der Waals surface area contributed by atoms with Crippen LogP contribution < -0.4 is 20.3 Å². The number of benzene rings is 2. The van der Waals surface area contributed by atoms with Crippen LogP contribution in [0.25, 0.3) is 16.6 Å². The Kier molecular flexibility index (Phi) is 6.69. The molecule has 0 saturated heterocycles. The van der Waals surface area contributed by atoms with E-state index in [0.29, 0.717) is 35.9 Å². The predicted octanol–water partition coefficient (Wildman–Crippen LogP) is 3.45. The molecule has 0 unspecified atom stereocenters. The zero-order valence-corrected chi connectivity index (χ0v) is 21.6. The zero-order chi connectivity index (χ0) is 26.1. The van der Waals surface area contributed by atoms with E-state index in [0.717, 1.165) is 46.3 Å². The van der Waals surface area contributed by atoms with Crippen molar-refractivity contribution in [1.82, 2.24) is 24.9 Å². The molecular formula is C28H31N5O4. The van der Waals surface area contributed by atoms with Gasteiger partial charge >= 0.3 is 0 Å². The second-order valence-corrected chi connectivity index (χ2v) is 9.52. The number of methoxy groups -OCH3 is 2. The highest BCUT2D eigenvalue weighted by molar-refractivity contribution is 5.83. The number of carbonyl (C=O) groups is 1. The van der Waals surface area contributed by atoms with Crippen molar-refractivity contribution in [3.05, 3.63) is 75.3 Å². The number of aryl methyl sites for hydroxylation is 2.